The highest BCUT2D eigenvalue weighted by Crippen LogP contribution is 2.26. The lowest BCUT2D eigenvalue weighted by atomic mass is 10.0. The molecule has 8 nitrogen and oxygen atoms in total. The summed E-state index contributed by atoms with van der Waals surface area (Å²) >= 11 is 0. The number of amides is 1. The molecule has 0 saturated heterocycles. The summed E-state index contributed by atoms with van der Waals surface area (Å²) in [5, 5.41) is 29.7. The van der Waals surface area contributed by atoms with Crippen molar-refractivity contribution >= 4 is 29.3 Å². The van der Waals surface area contributed by atoms with Gasteiger partial charge in [0.05, 0.1) is 42.5 Å². The first kappa shape index (κ1) is 21.3. The van der Waals surface area contributed by atoms with E-state index in [-0.39, 0.29) is 5.91 Å². The predicted octanol–water partition coefficient (Wildman–Crippen LogP) is 4.28. The van der Waals surface area contributed by atoms with E-state index in [1.165, 1.54) is 6.08 Å². The van der Waals surface area contributed by atoms with Crippen molar-refractivity contribution in [1.82, 2.24) is 19.4 Å². The molecule has 0 unspecified atom stereocenters. The molecule has 3 heterocycles. The number of aromatic nitrogens is 4. The van der Waals surface area contributed by atoms with Crippen molar-refractivity contribution in [1.29, 1.82) is 10.5 Å². The van der Waals surface area contributed by atoms with E-state index in [0.717, 1.165) is 22.3 Å². The number of aryl methyl sites for hydroxylation is 1. The van der Waals surface area contributed by atoms with Gasteiger partial charge in [0.15, 0.2) is 0 Å². The molecular weight excluding hydrogens is 414 g/mol. The van der Waals surface area contributed by atoms with Gasteiger partial charge in [-0.2, -0.15) is 20.7 Å². The molecule has 0 spiro atoms. The second kappa shape index (κ2) is 9.46. The Kier molecular flexibility index (Phi) is 6.10. The second-order valence-corrected chi connectivity index (χ2v) is 7.20. The Balaban J connectivity index is 1.68. The highest BCUT2D eigenvalue weighted by Gasteiger charge is 2.11. The number of nitrogens with one attached hydrogen (secondary N) is 1. The van der Waals surface area contributed by atoms with E-state index in [1.807, 2.05) is 54.9 Å². The van der Waals surface area contributed by atoms with Gasteiger partial charge in [-0.25, -0.2) is 4.52 Å². The molecule has 4 aromatic rings. The van der Waals surface area contributed by atoms with E-state index >= 15 is 0 Å². The quantitative estimate of drug-likeness (QED) is 0.437. The predicted molar refractivity (Wildman–Crippen MR) is 126 cm³/mol. The van der Waals surface area contributed by atoms with Crippen LogP contribution in [0, 0.1) is 22.7 Å². The Labute approximate surface area is 190 Å². The molecule has 1 N–H and O–H groups in total. The van der Waals surface area contributed by atoms with Crippen LogP contribution in [0.2, 0.25) is 0 Å². The Bertz CT molecular complexity index is 1440. The average Bonchev–Trinajstić information content (AvgIpc) is 3.49. The lowest BCUT2D eigenvalue weighted by Crippen LogP contribution is -2.06. The van der Waals surface area contributed by atoms with Gasteiger partial charge in [0.2, 0.25) is 5.91 Å². The highest BCUT2D eigenvalue weighted by molar-refractivity contribution is 5.98. The van der Waals surface area contributed by atoms with Crippen LogP contribution < -0.4 is 5.32 Å². The van der Waals surface area contributed by atoms with Gasteiger partial charge in [-0.15, -0.1) is 0 Å². The number of hydrogen-bond acceptors (Lipinski definition) is 5. The zero-order chi connectivity index (χ0) is 23.2. The number of carbonyl (C=O) groups is 1. The zero-order valence-corrected chi connectivity index (χ0v) is 17.6. The lowest BCUT2D eigenvalue weighted by molar-refractivity contribution is -0.111. The number of nitriles is 2. The molecule has 0 bridgehead atoms. The van der Waals surface area contributed by atoms with Crippen molar-refractivity contribution in [2.45, 2.75) is 13.0 Å². The van der Waals surface area contributed by atoms with Gasteiger partial charge in [0.25, 0.3) is 0 Å². The number of rotatable bonds is 7. The molecule has 0 aliphatic carbocycles. The number of hydrogen-bond donors (Lipinski definition) is 1. The minimum atomic E-state index is -0.266. The maximum Gasteiger partial charge on any atom is 0.247 e. The smallest absolute Gasteiger partial charge is 0.247 e. The molecule has 4 rings (SSSR count). The summed E-state index contributed by atoms with van der Waals surface area (Å²) in [4.78, 5) is 11.4. The van der Waals surface area contributed by atoms with Crippen LogP contribution in [0.15, 0.2) is 67.8 Å². The maximum atomic E-state index is 11.4. The molecule has 0 aliphatic rings. The molecular formula is C25H19N7O. The van der Waals surface area contributed by atoms with Gasteiger partial charge in [0.1, 0.15) is 6.07 Å². The third-order valence-electron chi connectivity index (χ3n) is 5.00. The summed E-state index contributed by atoms with van der Waals surface area (Å²) in [5.74, 6) is -0.266. The first-order valence-corrected chi connectivity index (χ1v) is 10.1. The molecule has 0 radical (unpaired) electrons. The second-order valence-electron chi connectivity index (χ2n) is 7.20. The average molecular weight is 433 g/mol. The van der Waals surface area contributed by atoms with Crippen LogP contribution >= 0.6 is 0 Å². The van der Waals surface area contributed by atoms with Gasteiger partial charge < -0.3 is 5.32 Å². The van der Waals surface area contributed by atoms with Crippen LogP contribution in [0.25, 0.3) is 28.8 Å². The fourth-order valence-corrected chi connectivity index (χ4v) is 3.38. The number of pyridine rings is 1. The van der Waals surface area contributed by atoms with Crippen molar-refractivity contribution < 1.29 is 4.79 Å². The van der Waals surface area contributed by atoms with E-state index < -0.39 is 0 Å². The number of anilines is 1. The minimum Gasteiger partial charge on any atom is -0.323 e. The molecule has 0 fully saturated rings. The Hall–Kier alpha value is -4.95. The van der Waals surface area contributed by atoms with E-state index in [4.69, 9.17) is 5.26 Å². The Morgan fingerprint density at radius 2 is 1.91 bits per heavy atom. The van der Waals surface area contributed by atoms with Crippen LogP contribution in [0.1, 0.15) is 23.1 Å². The van der Waals surface area contributed by atoms with Crippen LogP contribution in [-0.4, -0.2) is 25.3 Å². The van der Waals surface area contributed by atoms with Gasteiger partial charge in [-0.3, -0.25) is 9.48 Å². The molecule has 8 heteroatoms. The van der Waals surface area contributed by atoms with E-state index in [9.17, 15) is 10.1 Å². The standard InChI is InChI=1S/C25H19N7O/c1-2-24(33)30-23-8-5-18(6-9-23)4-7-19-12-20(17-32-25(19)21(13-27)14-29-32)22-15-28-31(16-22)11-3-10-26/h2,4-9,12,14-17H,1,3,11H2,(H,30,33)/b7-4+. The largest absolute Gasteiger partial charge is 0.323 e. The molecule has 33 heavy (non-hydrogen) atoms. The highest BCUT2D eigenvalue weighted by atomic mass is 16.1. The molecule has 1 aromatic carbocycles. The summed E-state index contributed by atoms with van der Waals surface area (Å²) in [6.45, 7) is 3.97. The van der Waals surface area contributed by atoms with E-state index in [2.05, 4.69) is 34.2 Å². The molecule has 0 saturated carbocycles. The SMILES string of the molecule is C=CC(=O)Nc1ccc(/C=C/c2cc(-c3cnn(CCC#N)c3)cn3ncc(C#N)c23)cc1. The molecule has 160 valence electrons. The number of fused-ring (bicyclic) bond motifs is 1. The number of nitrogens with zero attached hydrogens (tertiary/aromatic N) is 6. The first-order valence-electron chi connectivity index (χ1n) is 10.1. The Morgan fingerprint density at radius 3 is 2.64 bits per heavy atom. The van der Waals surface area contributed by atoms with Crippen molar-refractivity contribution in [3.63, 3.8) is 0 Å². The van der Waals surface area contributed by atoms with Crippen LogP contribution in [0.3, 0.4) is 0 Å². The van der Waals surface area contributed by atoms with Crippen LogP contribution in [-0.2, 0) is 11.3 Å². The van der Waals surface area contributed by atoms with Gasteiger partial charge in [-0.1, -0.05) is 30.9 Å². The third-order valence-corrected chi connectivity index (χ3v) is 5.00. The van der Waals surface area contributed by atoms with Crippen molar-refractivity contribution in [2.75, 3.05) is 5.32 Å². The van der Waals surface area contributed by atoms with Gasteiger partial charge in [-0.05, 0) is 29.8 Å². The fraction of sp³-hybridized carbons (Fsp3) is 0.0800. The summed E-state index contributed by atoms with van der Waals surface area (Å²) in [6.07, 6.45) is 12.5. The van der Waals surface area contributed by atoms with E-state index in [0.29, 0.717) is 29.7 Å². The normalized spacial score (nSPS) is 10.7. The maximum absolute atomic E-state index is 11.4. The lowest BCUT2D eigenvalue weighted by Gasteiger charge is -2.05. The summed E-state index contributed by atoms with van der Waals surface area (Å²) in [5.41, 5.74) is 5.41. The first-order chi connectivity index (χ1) is 16.1. The van der Waals surface area contributed by atoms with Crippen molar-refractivity contribution in [3.05, 3.63) is 84.5 Å². The molecule has 0 atom stereocenters. The van der Waals surface area contributed by atoms with Gasteiger partial charge in [0, 0.05) is 34.8 Å². The number of benzene rings is 1. The van der Waals surface area contributed by atoms with Gasteiger partial charge >= 0.3 is 0 Å². The topological polar surface area (TPSA) is 112 Å². The monoisotopic (exact) mass is 433 g/mol. The minimum absolute atomic E-state index is 0.266. The number of carbonyl (C=O) groups excluding carboxylic acids is 1. The molecule has 3 aromatic heterocycles. The fourth-order valence-electron chi connectivity index (χ4n) is 3.38. The summed E-state index contributed by atoms with van der Waals surface area (Å²) in [7, 11) is 0. The third kappa shape index (κ3) is 4.71. The summed E-state index contributed by atoms with van der Waals surface area (Å²) < 4.78 is 3.42. The van der Waals surface area contributed by atoms with Crippen LogP contribution in [0.5, 0.6) is 0 Å². The molecule has 0 aliphatic heterocycles. The van der Waals surface area contributed by atoms with Crippen molar-refractivity contribution in [2.24, 2.45) is 0 Å². The Morgan fingerprint density at radius 1 is 1.09 bits per heavy atom. The van der Waals surface area contributed by atoms with E-state index in [1.54, 1.807) is 21.6 Å². The summed E-state index contributed by atoms with van der Waals surface area (Å²) in [6, 6.07) is 13.7. The van der Waals surface area contributed by atoms with Crippen LogP contribution in [0.4, 0.5) is 5.69 Å². The molecule has 1 amide bonds. The van der Waals surface area contributed by atoms with Crippen molar-refractivity contribution in [3.8, 4) is 23.3 Å². The zero-order valence-electron chi connectivity index (χ0n) is 17.6.